The molecule has 0 bridgehead atoms. The number of imidazole rings is 1. The van der Waals surface area contributed by atoms with Crippen LogP contribution in [0.25, 0.3) is 5.65 Å². The van der Waals surface area contributed by atoms with Crippen LogP contribution in [0.1, 0.15) is 32.6 Å². The van der Waals surface area contributed by atoms with Crippen LogP contribution in [0.3, 0.4) is 0 Å². The second kappa shape index (κ2) is 5.26. The molecule has 0 saturated heterocycles. The van der Waals surface area contributed by atoms with Crippen LogP contribution < -0.4 is 4.72 Å². The van der Waals surface area contributed by atoms with Gasteiger partial charge in [-0.05, 0) is 30.4 Å². The molecule has 0 aliphatic heterocycles. The zero-order valence-corrected chi connectivity index (χ0v) is 13.4. The number of halogens is 1. The van der Waals surface area contributed by atoms with E-state index in [0.29, 0.717) is 12.2 Å². The number of aromatic nitrogens is 2. The van der Waals surface area contributed by atoms with Gasteiger partial charge in [-0.25, -0.2) is 18.1 Å². The third kappa shape index (κ3) is 2.80. The van der Waals surface area contributed by atoms with Crippen molar-refractivity contribution in [2.45, 2.75) is 37.6 Å². The van der Waals surface area contributed by atoms with Gasteiger partial charge in [0.25, 0.3) is 10.0 Å². The zero-order valence-electron chi connectivity index (χ0n) is 11.8. The molecule has 2 heterocycles. The Balaban J connectivity index is 1.91. The van der Waals surface area contributed by atoms with Gasteiger partial charge >= 0.3 is 0 Å². The zero-order chi connectivity index (χ0) is 15.1. The van der Waals surface area contributed by atoms with Crippen LogP contribution in [0.15, 0.2) is 29.4 Å². The van der Waals surface area contributed by atoms with Crippen molar-refractivity contribution in [2.75, 3.05) is 6.54 Å². The molecule has 0 spiro atoms. The fourth-order valence-electron chi connectivity index (χ4n) is 2.93. The molecule has 2 aromatic heterocycles. The largest absolute Gasteiger partial charge is 0.288 e. The average molecular weight is 328 g/mol. The van der Waals surface area contributed by atoms with Crippen molar-refractivity contribution in [1.29, 1.82) is 0 Å². The standard InChI is InChI=1S/C14H18ClN3O2S/c1-14(7-3-4-8-14)10-16-21(19,20)13-12(15)17-11-6-2-5-9-18(11)13/h2,5-6,9,16H,3-4,7-8,10H2,1H3. The van der Waals surface area contributed by atoms with Crippen molar-refractivity contribution in [3.63, 3.8) is 0 Å². The van der Waals surface area contributed by atoms with Gasteiger partial charge in [-0.2, -0.15) is 0 Å². The van der Waals surface area contributed by atoms with E-state index in [4.69, 9.17) is 11.6 Å². The Labute approximate surface area is 129 Å². The summed E-state index contributed by atoms with van der Waals surface area (Å²) in [7, 11) is -3.68. The summed E-state index contributed by atoms with van der Waals surface area (Å²) in [5.41, 5.74) is 0.565. The van der Waals surface area contributed by atoms with Crippen LogP contribution in [-0.2, 0) is 10.0 Å². The Bertz CT molecular complexity index is 764. The number of pyridine rings is 1. The van der Waals surface area contributed by atoms with E-state index in [1.54, 1.807) is 24.4 Å². The van der Waals surface area contributed by atoms with Crippen LogP contribution in [0.2, 0.25) is 5.15 Å². The number of hydrogen-bond acceptors (Lipinski definition) is 3. The Morgan fingerprint density at radius 1 is 1.38 bits per heavy atom. The summed E-state index contributed by atoms with van der Waals surface area (Å²) >= 11 is 6.03. The van der Waals surface area contributed by atoms with Gasteiger partial charge in [0.2, 0.25) is 0 Å². The number of rotatable bonds is 4. The van der Waals surface area contributed by atoms with Gasteiger partial charge in [0.05, 0.1) is 0 Å². The van der Waals surface area contributed by atoms with Crippen LogP contribution >= 0.6 is 11.6 Å². The molecule has 1 saturated carbocycles. The summed E-state index contributed by atoms with van der Waals surface area (Å²) in [6.45, 7) is 2.56. The highest BCUT2D eigenvalue weighted by Crippen LogP contribution is 2.37. The molecule has 1 aliphatic carbocycles. The van der Waals surface area contributed by atoms with E-state index in [1.807, 2.05) is 0 Å². The molecule has 1 fully saturated rings. The van der Waals surface area contributed by atoms with Crippen LogP contribution in [0.4, 0.5) is 0 Å². The van der Waals surface area contributed by atoms with E-state index in [9.17, 15) is 8.42 Å². The molecule has 0 radical (unpaired) electrons. The number of fused-ring (bicyclic) bond motifs is 1. The van der Waals surface area contributed by atoms with Crippen molar-refractivity contribution in [3.8, 4) is 0 Å². The number of sulfonamides is 1. The Hall–Kier alpha value is -1.11. The molecular formula is C14H18ClN3O2S. The maximum Gasteiger partial charge on any atom is 0.259 e. The van der Waals surface area contributed by atoms with Gasteiger partial charge in [0.15, 0.2) is 10.2 Å². The van der Waals surface area contributed by atoms with Gasteiger partial charge in [-0.3, -0.25) is 4.40 Å². The number of nitrogens with zero attached hydrogens (tertiary/aromatic N) is 2. The van der Waals surface area contributed by atoms with Crippen molar-refractivity contribution >= 4 is 27.3 Å². The first kappa shape index (κ1) is 14.8. The van der Waals surface area contributed by atoms with Crippen molar-refractivity contribution in [3.05, 3.63) is 29.5 Å². The molecular weight excluding hydrogens is 310 g/mol. The molecule has 3 rings (SSSR count). The van der Waals surface area contributed by atoms with Gasteiger partial charge in [-0.1, -0.05) is 37.4 Å². The van der Waals surface area contributed by atoms with Crippen molar-refractivity contribution < 1.29 is 8.42 Å². The van der Waals surface area contributed by atoms with Crippen molar-refractivity contribution in [1.82, 2.24) is 14.1 Å². The molecule has 5 nitrogen and oxygen atoms in total. The molecule has 2 aromatic rings. The minimum atomic E-state index is -3.68. The predicted octanol–water partition coefficient (Wildman–Crippen LogP) is 2.85. The highest BCUT2D eigenvalue weighted by Gasteiger charge is 2.32. The quantitative estimate of drug-likeness (QED) is 0.939. The first-order valence-electron chi connectivity index (χ1n) is 7.04. The summed E-state index contributed by atoms with van der Waals surface area (Å²) in [5, 5.41) is 0.0200. The Kier molecular flexibility index (Phi) is 3.71. The monoisotopic (exact) mass is 327 g/mol. The molecule has 1 N–H and O–H groups in total. The Morgan fingerprint density at radius 2 is 2.10 bits per heavy atom. The normalized spacial score (nSPS) is 18.4. The fourth-order valence-corrected chi connectivity index (χ4v) is 4.77. The second-order valence-electron chi connectivity index (χ2n) is 5.98. The lowest BCUT2D eigenvalue weighted by atomic mass is 9.89. The first-order valence-corrected chi connectivity index (χ1v) is 8.90. The maximum absolute atomic E-state index is 12.6. The summed E-state index contributed by atoms with van der Waals surface area (Å²) in [5.74, 6) is 0. The highest BCUT2D eigenvalue weighted by atomic mass is 35.5. The minimum Gasteiger partial charge on any atom is -0.288 e. The van der Waals surface area contributed by atoms with Gasteiger partial charge in [-0.15, -0.1) is 0 Å². The molecule has 0 unspecified atom stereocenters. The van der Waals surface area contributed by atoms with Crippen LogP contribution in [0, 0.1) is 5.41 Å². The van der Waals surface area contributed by atoms with E-state index in [1.165, 1.54) is 4.40 Å². The Morgan fingerprint density at radius 3 is 2.81 bits per heavy atom. The molecule has 0 aromatic carbocycles. The third-order valence-corrected chi connectivity index (χ3v) is 6.00. The molecule has 114 valence electrons. The van der Waals surface area contributed by atoms with Crippen LogP contribution in [0.5, 0.6) is 0 Å². The first-order chi connectivity index (χ1) is 9.91. The van der Waals surface area contributed by atoms with Crippen LogP contribution in [-0.4, -0.2) is 24.3 Å². The molecule has 1 aliphatic rings. The summed E-state index contributed by atoms with van der Waals surface area (Å²) < 4.78 is 29.3. The molecule has 21 heavy (non-hydrogen) atoms. The maximum atomic E-state index is 12.6. The van der Waals surface area contributed by atoms with Gasteiger partial charge in [0, 0.05) is 12.7 Å². The molecule has 0 amide bonds. The summed E-state index contributed by atoms with van der Waals surface area (Å²) in [6, 6.07) is 5.27. The molecule has 0 atom stereocenters. The average Bonchev–Trinajstić information content (AvgIpc) is 3.00. The lowest BCUT2D eigenvalue weighted by Gasteiger charge is -2.23. The van der Waals surface area contributed by atoms with E-state index >= 15 is 0 Å². The SMILES string of the molecule is CC1(CNS(=O)(=O)c2c(Cl)nc3ccccn23)CCCC1. The highest BCUT2D eigenvalue weighted by molar-refractivity contribution is 7.89. The predicted molar refractivity (Wildman–Crippen MR) is 82.0 cm³/mol. The molecule has 7 heteroatoms. The van der Waals surface area contributed by atoms with Gasteiger partial charge in [0.1, 0.15) is 5.65 Å². The third-order valence-electron chi connectivity index (χ3n) is 4.20. The second-order valence-corrected chi connectivity index (χ2v) is 8.02. The van der Waals surface area contributed by atoms with Gasteiger partial charge < -0.3 is 0 Å². The fraction of sp³-hybridized carbons (Fsp3) is 0.500. The van der Waals surface area contributed by atoms with E-state index < -0.39 is 10.0 Å². The number of hydrogen-bond donors (Lipinski definition) is 1. The smallest absolute Gasteiger partial charge is 0.259 e. The van der Waals surface area contributed by atoms with E-state index in [2.05, 4.69) is 16.6 Å². The minimum absolute atomic E-state index is 0.00488. The lowest BCUT2D eigenvalue weighted by Crippen LogP contribution is -2.34. The summed E-state index contributed by atoms with van der Waals surface area (Å²) in [6.07, 6.45) is 6.08. The van der Waals surface area contributed by atoms with E-state index in [0.717, 1.165) is 25.7 Å². The lowest BCUT2D eigenvalue weighted by molar-refractivity contribution is 0.336. The van der Waals surface area contributed by atoms with Crippen molar-refractivity contribution in [2.24, 2.45) is 5.41 Å². The topological polar surface area (TPSA) is 63.5 Å². The van der Waals surface area contributed by atoms with E-state index in [-0.39, 0.29) is 15.6 Å². The number of nitrogens with one attached hydrogen (secondary N) is 1. The summed E-state index contributed by atoms with van der Waals surface area (Å²) in [4.78, 5) is 4.09.